The second kappa shape index (κ2) is 4.85. The molecule has 1 saturated carbocycles. The molecule has 2 fully saturated rings. The Kier molecular flexibility index (Phi) is 3.19. The summed E-state index contributed by atoms with van der Waals surface area (Å²) in [6.45, 7) is 1.17. The molecule has 19 heavy (non-hydrogen) atoms. The third-order valence-electron chi connectivity index (χ3n) is 4.66. The number of amides is 1. The molecule has 1 saturated heterocycles. The second-order valence-corrected chi connectivity index (χ2v) is 5.69. The van der Waals surface area contributed by atoms with Crippen molar-refractivity contribution in [3.8, 4) is 0 Å². The summed E-state index contributed by atoms with van der Waals surface area (Å²) in [6.07, 6.45) is 0.515. The number of likely N-dealkylation sites (tertiary alicyclic amines) is 1. The standard InChI is InChI=1S/C15H19NO3/c17-13-7-6-11-8-16(15(18)19)9-12(11)14(13)10-4-2-1-3-5-10/h1-5,11-14,17H,6-9H2,(H,18,19)/t11-,12+,13-,14-/m0/s1. The topological polar surface area (TPSA) is 60.8 Å². The van der Waals surface area contributed by atoms with Crippen LogP contribution in [0.5, 0.6) is 0 Å². The van der Waals surface area contributed by atoms with Crippen LogP contribution in [0.25, 0.3) is 0 Å². The maximum Gasteiger partial charge on any atom is 0.407 e. The van der Waals surface area contributed by atoms with Crippen LogP contribution in [-0.2, 0) is 0 Å². The van der Waals surface area contributed by atoms with E-state index >= 15 is 0 Å². The second-order valence-electron chi connectivity index (χ2n) is 5.69. The summed E-state index contributed by atoms with van der Waals surface area (Å²) in [7, 11) is 0. The van der Waals surface area contributed by atoms with E-state index in [2.05, 4.69) is 0 Å². The normalized spacial score (nSPS) is 34.1. The van der Waals surface area contributed by atoms with Crippen LogP contribution in [0.1, 0.15) is 24.3 Å². The van der Waals surface area contributed by atoms with E-state index in [1.807, 2.05) is 30.3 Å². The van der Waals surface area contributed by atoms with E-state index in [0.717, 1.165) is 18.4 Å². The number of carbonyl (C=O) groups is 1. The monoisotopic (exact) mass is 261 g/mol. The van der Waals surface area contributed by atoms with Gasteiger partial charge in [0, 0.05) is 19.0 Å². The number of fused-ring (bicyclic) bond motifs is 1. The average molecular weight is 261 g/mol. The quantitative estimate of drug-likeness (QED) is 0.814. The zero-order chi connectivity index (χ0) is 13.4. The van der Waals surface area contributed by atoms with E-state index in [0.29, 0.717) is 19.0 Å². The fourth-order valence-corrected chi connectivity index (χ4v) is 3.76. The Morgan fingerprint density at radius 3 is 2.58 bits per heavy atom. The van der Waals surface area contributed by atoms with Gasteiger partial charge in [0.05, 0.1) is 6.10 Å². The molecular formula is C15H19NO3. The first kappa shape index (κ1) is 12.5. The minimum Gasteiger partial charge on any atom is -0.465 e. The van der Waals surface area contributed by atoms with E-state index in [-0.39, 0.29) is 17.9 Å². The van der Waals surface area contributed by atoms with Gasteiger partial charge in [-0.15, -0.1) is 0 Å². The maximum absolute atomic E-state index is 11.1. The molecule has 0 aromatic heterocycles. The molecule has 4 heteroatoms. The van der Waals surface area contributed by atoms with Crippen molar-refractivity contribution in [2.45, 2.75) is 24.9 Å². The lowest BCUT2D eigenvalue weighted by atomic mass is 9.69. The summed E-state index contributed by atoms with van der Waals surface area (Å²) >= 11 is 0. The van der Waals surface area contributed by atoms with Gasteiger partial charge in [-0.3, -0.25) is 0 Å². The summed E-state index contributed by atoms with van der Waals surface area (Å²) < 4.78 is 0. The molecular weight excluding hydrogens is 242 g/mol. The summed E-state index contributed by atoms with van der Waals surface area (Å²) in [5.41, 5.74) is 1.14. The van der Waals surface area contributed by atoms with Gasteiger partial charge < -0.3 is 15.1 Å². The molecule has 0 unspecified atom stereocenters. The minimum atomic E-state index is -0.837. The molecule has 1 aliphatic carbocycles. The Balaban J connectivity index is 1.87. The largest absolute Gasteiger partial charge is 0.465 e. The first-order valence-electron chi connectivity index (χ1n) is 6.87. The van der Waals surface area contributed by atoms with Gasteiger partial charge >= 0.3 is 6.09 Å². The van der Waals surface area contributed by atoms with Gasteiger partial charge in [0.25, 0.3) is 0 Å². The van der Waals surface area contributed by atoms with Crippen LogP contribution >= 0.6 is 0 Å². The van der Waals surface area contributed by atoms with Crippen LogP contribution in [0.3, 0.4) is 0 Å². The number of rotatable bonds is 1. The summed E-state index contributed by atoms with van der Waals surface area (Å²) in [6, 6.07) is 10.0. The van der Waals surface area contributed by atoms with E-state index in [1.54, 1.807) is 0 Å². The lowest BCUT2D eigenvalue weighted by Gasteiger charge is -2.37. The van der Waals surface area contributed by atoms with Crippen LogP contribution in [0.4, 0.5) is 4.79 Å². The van der Waals surface area contributed by atoms with Gasteiger partial charge in [0.1, 0.15) is 0 Å². The number of hydrogen-bond acceptors (Lipinski definition) is 2. The third kappa shape index (κ3) is 2.21. The number of carboxylic acid groups (broad SMARTS) is 1. The molecule has 1 aromatic rings. The first-order valence-corrected chi connectivity index (χ1v) is 6.87. The fourth-order valence-electron chi connectivity index (χ4n) is 3.76. The average Bonchev–Trinajstić information content (AvgIpc) is 2.83. The fraction of sp³-hybridized carbons (Fsp3) is 0.533. The minimum absolute atomic E-state index is 0.0734. The Hall–Kier alpha value is -1.55. The van der Waals surface area contributed by atoms with Crippen LogP contribution in [-0.4, -0.2) is 40.4 Å². The van der Waals surface area contributed by atoms with E-state index < -0.39 is 6.09 Å². The zero-order valence-corrected chi connectivity index (χ0v) is 10.8. The van der Waals surface area contributed by atoms with Crippen molar-refractivity contribution in [2.75, 3.05) is 13.1 Å². The smallest absolute Gasteiger partial charge is 0.407 e. The Morgan fingerprint density at radius 2 is 1.89 bits per heavy atom. The van der Waals surface area contributed by atoms with Crippen molar-refractivity contribution in [3.05, 3.63) is 35.9 Å². The summed E-state index contributed by atoms with van der Waals surface area (Å²) in [5, 5.41) is 19.5. The van der Waals surface area contributed by atoms with Crippen LogP contribution in [0, 0.1) is 11.8 Å². The number of aliphatic hydroxyl groups is 1. The highest BCUT2D eigenvalue weighted by atomic mass is 16.4. The Bertz CT molecular complexity index is 462. The Morgan fingerprint density at radius 1 is 1.16 bits per heavy atom. The molecule has 0 radical (unpaired) electrons. The maximum atomic E-state index is 11.1. The van der Waals surface area contributed by atoms with Crippen molar-refractivity contribution in [1.29, 1.82) is 0 Å². The highest BCUT2D eigenvalue weighted by molar-refractivity contribution is 5.65. The van der Waals surface area contributed by atoms with E-state index in [1.165, 1.54) is 4.90 Å². The number of benzene rings is 1. The van der Waals surface area contributed by atoms with Gasteiger partial charge in [-0.2, -0.15) is 0 Å². The molecule has 0 spiro atoms. The van der Waals surface area contributed by atoms with Crippen LogP contribution in [0.15, 0.2) is 30.3 Å². The molecule has 1 aromatic carbocycles. The van der Waals surface area contributed by atoms with Gasteiger partial charge in [-0.1, -0.05) is 30.3 Å². The molecule has 4 atom stereocenters. The van der Waals surface area contributed by atoms with Crippen molar-refractivity contribution in [2.24, 2.45) is 11.8 Å². The first-order chi connectivity index (χ1) is 9.16. The van der Waals surface area contributed by atoms with Gasteiger partial charge in [-0.25, -0.2) is 4.79 Å². The molecule has 1 aliphatic heterocycles. The predicted octanol–water partition coefficient (Wildman–Crippen LogP) is 2.15. The molecule has 4 nitrogen and oxygen atoms in total. The lowest BCUT2D eigenvalue weighted by Crippen LogP contribution is -2.35. The zero-order valence-electron chi connectivity index (χ0n) is 10.8. The van der Waals surface area contributed by atoms with Crippen molar-refractivity contribution >= 4 is 6.09 Å². The van der Waals surface area contributed by atoms with Gasteiger partial charge in [-0.05, 0) is 30.2 Å². The molecule has 2 aliphatic rings. The van der Waals surface area contributed by atoms with Crippen LogP contribution < -0.4 is 0 Å². The number of nitrogens with zero attached hydrogens (tertiary/aromatic N) is 1. The Labute approximate surface area is 112 Å². The van der Waals surface area contributed by atoms with Crippen molar-refractivity contribution < 1.29 is 15.0 Å². The van der Waals surface area contributed by atoms with Crippen molar-refractivity contribution in [3.63, 3.8) is 0 Å². The van der Waals surface area contributed by atoms with Crippen molar-refractivity contribution in [1.82, 2.24) is 4.90 Å². The molecule has 1 amide bonds. The van der Waals surface area contributed by atoms with Gasteiger partial charge in [0.15, 0.2) is 0 Å². The number of hydrogen-bond donors (Lipinski definition) is 2. The summed E-state index contributed by atoms with van der Waals surface area (Å²) in [4.78, 5) is 12.6. The molecule has 1 heterocycles. The van der Waals surface area contributed by atoms with E-state index in [9.17, 15) is 9.90 Å². The SMILES string of the molecule is O=C(O)N1C[C@@H]2CC[C@H](O)[C@@H](c3ccccc3)[C@@H]2C1. The lowest BCUT2D eigenvalue weighted by molar-refractivity contribution is 0.0590. The third-order valence-corrected chi connectivity index (χ3v) is 4.66. The highest BCUT2D eigenvalue weighted by Crippen LogP contribution is 2.45. The highest BCUT2D eigenvalue weighted by Gasteiger charge is 2.45. The number of aliphatic hydroxyl groups excluding tert-OH is 1. The molecule has 102 valence electrons. The molecule has 3 rings (SSSR count). The van der Waals surface area contributed by atoms with Gasteiger partial charge in [0.2, 0.25) is 0 Å². The predicted molar refractivity (Wildman–Crippen MR) is 71.0 cm³/mol. The molecule has 2 N–H and O–H groups in total. The van der Waals surface area contributed by atoms with E-state index in [4.69, 9.17) is 5.11 Å². The van der Waals surface area contributed by atoms with Crippen LogP contribution in [0.2, 0.25) is 0 Å². The molecule has 0 bridgehead atoms. The summed E-state index contributed by atoms with van der Waals surface area (Å²) in [5.74, 6) is 0.719.